The molecule has 0 atom stereocenters. The number of hydrogen-bond acceptors (Lipinski definition) is 6. The first kappa shape index (κ1) is 25.6. The van der Waals surface area contributed by atoms with Crippen LogP contribution in [0.3, 0.4) is 0 Å². The summed E-state index contributed by atoms with van der Waals surface area (Å²) in [5, 5.41) is 30.7. The number of halogens is 1. The largest absolute Gasteiger partial charge is 0.493 e. The molecule has 35 heavy (non-hydrogen) atoms. The summed E-state index contributed by atoms with van der Waals surface area (Å²) >= 11 is 0. The molecular formula is C24H29FN6O4. The minimum atomic E-state index is -0.459. The van der Waals surface area contributed by atoms with E-state index in [1.54, 1.807) is 12.4 Å². The number of amides is 2. The number of carbonyl (C=O) groups is 2. The summed E-state index contributed by atoms with van der Waals surface area (Å²) in [5.41, 5.74) is 3.31. The molecular weight excluding hydrogens is 455 g/mol. The number of hydroxylamine groups is 1. The van der Waals surface area contributed by atoms with Gasteiger partial charge >= 0.3 is 0 Å². The number of rotatable bonds is 11. The van der Waals surface area contributed by atoms with Gasteiger partial charge < -0.3 is 20.4 Å². The van der Waals surface area contributed by atoms with Crippen LogP contribution in [0.15, 0.2) is 28.4 Å². The minimum absolute atomic E-state index is 0.110. The quantitative estimate of drug-likeness (QED) is 0.107. The molecule has 1 aromatic carbocycles. The van der Waals surface area contributed by atoms with Crippen molar-refractivity contribution in [2.45, 2.75) is 45.4 Å². The van der Waals surface area contributed by atoms with E-state index in [1.807, 2.05) is 0 Å². The average Bonchev–Trinajstić information content (AvgIpc) is 3.29. The van der Waals surface area contributed by atoms with Crippen molar-refractivity contribution < 1.29 is 24.3 Å². The Morgan fingerprint density at radius 2 is 1.91 bits per heavy atom. The molecule has 0 bridgehead atoms. The topological polar surface area (TPSA) is 155 Å². The number of hydrogen-bond donors (Lipinski definition) is 6. The highest BCUT2D eigenvalue weighted by Crippen LogP contribution is 2.35. The second kappa shape index (κ2) is 11.9. The molecule has 0 aliphatic carbocycles. The second-order valence-electron chi connectivity index (χ2n) is 8.18. The average molecular weight is 485 g/mol. The van der Waals surface area contributed by atoms with Crippen LogP contribution in [0.25, 0.3) is 23.7 Å². The Labute approximate surface area is 200 Å². The van der Waals surface area contributed by atoms with Gasteiger partial charge in [-0.2, -0.15) is 5.11 Å². The summed E-state index contributed by atoms with van der Waals surface area (Å²) in [6, 6.07) is 4.03. The van der Waals surface area contributed by atoms with Gasteiger partial charge in [0.05, 0.1) is 22.6 Å². The van der Waals surface area contributed by atoms with Crippen LogP contribution >= 0.6 is 0 Å². The third-order valence-electron chi connectivity index (χ3n) is 5.60. The van der Waals surface area contributed by atoms with E-state index in [0.717, 1.165) is 25.7 Å². The van der Waals surface area contributed by atoms with E-state index in [9.17, 15) is 19.1 Å². The molecule has 0 spiro atoms. The highest BCUT2D eigenvalue weighted by atomic mass is 19.1. The highest BCUT2D eigenvalue weighted by Gasteiger charge is 2.13. The molecule has 2 heterocycles. The van der Waals surface area contributed by atoms with E-state index in [4.69, 9.17) is 5.21 Å². The van der Waals surface area contributed by atoms with Crippen LogP contribution in [0.4, 0.5) is 10.1 Å². The van der Waals surface area contributed by atoms with Crippen LogP contribution < -0.4 is 21.4 Å². The van der Waals surface area contributed by atoms with Crippen LogP contribution in [0.1, 0.15) is 54.6 Å². The normalized spacial score (nSPS) is 12.0. The van der Waals surface area contributed by atoms with Gasteiger partial charge in [0.15, 0.2) is 5.69 Å². The smallest absolute Gasteiger partial charge is 0.253 e. The summed E-state index contributed by atoms with van der Waals surface area (Å²) in [4.78, 5) is 29.4. The first-order chi connectivity index (χ1) is 16.8. The lowest BCUT2D eigenvalue weighted by Gasteiger charge is -2.05. The maximum atomic E-state index is 13.6. The van der Waals surface area contributed by atoms with Crippen molar-refractivity contribution in [3.63, 3.8) is 0 Å². The number of carbonyl (C=O) groups excluding carboxylic acids is 2. The van der Waals surface area contributed by atoms with Crippen LogP contribution in [-0.2, 0) is 4.79 Å². The van der Waals surface area contributed by atoms with E-state index in [1.165, 1.54) is 24.4 Å². The van der Waals surface area contributed by atoms with Gasteiger partial charge in [0.2, 0.25) is 11.8 Å². The van der Waals surface area contributed by atoms with Gasteiger partial charge in [-0.15, -0.1) is 5.11 Å². The van der Waals surface area contributed by atoms with E-state index in [2.05, 4.69) is 32.1 Å². The van der Waals surface area contributed by atoms with E-state index < -0.39 is 5.82 Å². The summed E-state index contributed by atoms with van der Waals surface area (Å²) < 4.78 is 13.6. The number of nitrogens with zero attached hydrogens (tertiary/aromatic N) is 2. The summed E-state index contributed by atoms with van der Waals surface area (Å²) in [5.74, 6) is -1.31. The molecule has 6 N–H and O–H groups in total. The molecule has 0 saturated heterocycles. The fraction of sp³-hybridized carbons (Fsp3) is 0.333. The molecule has 3 rings (SSSR count). The van der Waals surface area contributed by atoms with Crippen LogP contribution in [0.5, 0.6) is 5.88 Å². The number of aromatic hydroxyl groups is 1. The third kappa shape index (κ3) is 6.54. The van der Waals surface area contributed by atoms with Crippen LogP contribution in [0.2, 0.25) is 0 Å². The Kier molecular flexibility index (Phi) is 8.74. The molecule has 2 aromatic heterocycles. The van der Waals surface area contributed by atoms with Gasteiger partial charge in [-0.1, -0.05) is 25.8 Å². The number of aromatic amines is 2. The Bertz CT molecular complexity index is 1340. The fourth-order valence-corrected chi connectivity index (χ4v) is 3.79. The second-order valence-corrected chi connectivity index (χ2v) is 8.18. The first-order valence-corrected chi connectivity index (χ1v) is 11.3. The molecule has 0 saturated carbocycles. The number of nitrogens with one attached hydrogen (secondary N) is 4. The van der Waals surface area contributed by atoms with E-state index in [-0.39, 0.29) is 23.4 Å². The van der Waals surface area contributed by atoms with Crippen molar-refractivity contribution in [3.8, 4) is 5.88 Å². The predicted octanol–water partition coefficient (Wildman–Crippen LogP) is 3.16. The van der Waals surface area contributed by atoms with Crippen molar-refractivity contribution >= 4 is 41.2 Å². The molecule has 0 unspecified atom stereocenters. The number of azo groups is 1. The van der Waals surface area contributed by atoms with Gasteiger partial charge in [-0.05, 0) is 38.0 Å². The van der Waals surface area contributed by atoms with Crippen molar-refractivity contribution in [1.29, 1.82) is 0 Å². The summed E-state index contributed by atoms with van der Waals surface area (Å²) in [6.07, 6.45) is 5.92. The Hall–Kier alpha value is -3.99. The predicted molar refractivity (Wildman–Crippen MR) is 129 cm³/mol. The van der Waals surface area contributed by atoms with Crippen LogP contribution in [-0.4, -0.2) is 38.6 Å². The Morgan fingerprint density at radius 3 is 2.69 bits per heavy atom. The van der Waals surface area contributed by atoms with E-state index in [0.29, 0.717) is 52.1 Å². The van der Waals surface area contributed by atoms with Crippen molar-refractivity contribution in [3.05, 3.63) is 45.8 Å². The first-order valence-electron chi connectivity index (χ1n) is 11.3. The number of aryl methyl sites for hydroxylation is 1. The summed E-state index contributed by atoms with van der Waals surface area (Å²) in [7, 11) is 0. The standard InChI is InChI=1S/C24H29FN6O4/c1-14-19(13-27-30-22-17-12-16(25)9-10-18(17)29-24(22)34)28-15(2)21(14)23(33)26-11-7-5-3-4-6-8-20(32)31-35/h9-10,12-13,28-29,34-35H,1,3-8,11H2,2H3,(H,26,33)(H,31,32). The molecule has 11 heteroatoms. The van der Waals surface area contributed by atoms with Crippen LogP contribution in [0, 0.1) is 12.7 Å². The Morgan fingerprint density at radius 1 is 1.17 bits per heavy atom. The maximum Gasteiger partial charge on any atom is 0.253 e. The zero-order chi connectivity index (χ0) is 25.4. The number of unbranched alkanes of at least 4 members (excludes halogenated alkanes) is 4. The van der Waals surface area contributed by atoms with E-state index >= 15 is 0 Å². The van der Waals surface area contributed by atoms with Crippen molar-refractivity contribution in [2.24, 2.45) is 10.2 Å². The van der Waals surface area contributed by atoms with Gasteiger partial charge in [-0.25, -0.2) is 9.87 Å². The lowest BCUT2D eigenvalue weighted by atomic mass is 10.1. The van der Waals surface area contributed by atoms with Crippen molar-refractivity contribution in [2.75, 3.05) is 6.54 Å². The molecule has 10 nitrogen and oxygen atoms in total. The van der Waals surface area contributed by atoms with Crippen molar-refractivity contribution in [1.82, 2.24) is 20.8 Å². The van der Waals surface area contributed by atoms with Gasteiger partial charge in [0.1, 0.15) is 5.82 Å². The molecule has 3 aromatic rings. The van der Waals surface area contributed by atoms with Gasteiger partial charge in [0, 0.05) is 29.3 Å². The zero-order valence-electron chi connectivity index (χ0n) is 19.4. The lowest BCUT2D eigenvalue weighted by Crippen LogP contribution is -2.32. The van der Waals surface area contributed by atoms with Gasteiger partial charge in [0.25, 0.3) is 5.91 Å². The third-order valence-corrected chi connectivity index (χ3v) is 5.60. The highest BCUT2D eigenvalue weighted by molar-refractivity contribution is 5.95. The maximum absolute atomic E-state index is 13.6. The zero-order valence-corrected chi connectivity index (χ0v) is 19.4. The molecule has 0 aliphatic heterocycles. The SMILES string of the molecule is C=c1c(C(=O)NCCCCCCCC(=O)NO)c(C)[nH]c1=CN=Nc1c(O)[nH]c2ccc(F)cc12. The number of fused-ring (bicyclic) bond motifs is 1. The number of H-pyrrole nitrogens is 2. The molecule has 186 valence electrons. The molecule has 0 fully saturated rings. The molecule has 0 radical (unpaired) electrons. The summed E-state index contributed by atoms with van der Waals surface area (Å²) in [6.45, 7) is 6.24. The number of aromatic nitrogens is 2. The Balaban J connectivity index is 1.57. The van der Waals surface area contributed by atoms with Gasteiger partial charge in [-0.3, -0.25) is 14.8 Å². The number of benzene rings is 1. The minimum Gasteiger partial charge on any atom is -0.493 e. The fourth-order valence-electron chi connectivity index (χ4n) is 3.79. The lowest BCUT2D eigenvalue weighted by molar-refractivity contribution is -0.129. The molecule has 0 aliphatic rings. The molecule has 2 amide bonds. The monoisotopic (exact) mass is 484 g/mol.